The third-order valence-electron chi connectivity index (χ3n) is 3.87. The number of aliphatic hydroxyl groups is 1. The second-order valence-corrected chi connectivity index (χ2v) is 7.29. The summed E-state index contributed by atoms with van der Waals surface area (Å²) in [4.78, 5) is 6.18. The fourth-order valence-corrected chi connectivity index (χ4v) is 4.29. The molecular formula is C14H23N3O3S. The number of hydrogen-bond acceptors (Lipinski definition) is 5. The Hall–Kier alpha value is -1.02. The third kappa shape index (κ3) is 3.60. The summed E-state index contributed by atoms with van der Waals surface area (Å²) in [5.41, 5.74) is 0.608. The molecule has 118 valence electrons. The van der Waals surface area contributed by atoms with E-state index in [2.05, 4.69) is 9.88 Å². The Bertz CT molecular complexity index is 559. The number of nitrogens with zero attached hydrogens (tertiary/aromatic N) is 3. The zero-order chi connectivity index (χ0) is 15.5. The number of likely N-dealkylation sites (N-methyl/N-ethyl adjacent to an activating group) is 1. The molecule has 1 aromatic heterocycles. The fraction of sp³-hybridized carbons (Fsp3) is 0.643. The molecule has 0 aromatic carbocycles. The van der Waals surface area contributed by atoms with Gasteiger partial charge in [-0.2, -0.15) is 4.31 Å². The average molecular weight is 313 g/mol. The summed E-state index contributed by atoms with van der Waals surface area (Å²) in [7, 11) is -1.56. The Morgan fingerprint density at radius 3 is 2.71 bits per heavy atom. The van der Waals surface area contributed by atoms with Crippen LogP contribution in [-0.4, -0.2) is 60.4 Å². The van der Waals surface area contributed by atoms with Crippen LogP contribution >= 0.6 is 0 Å². The second-order valence-electron chi connectivity index (χ2n) is 5.46. The summed E-state index contributed by atoms with van der Waals surface area (Å²) < 4.78 is 27.2. The topological polar surface area (TPSA) is 73.7 Å². The van der Waals surface area contributed by atoms with Crippen LogP contribution in [0, 0.1) is 0 Å². The van der Waals surface area contributed by atoms with Crippen molar-refractivity contribution in [2.45, 2.75) is 37.4 Å². The molecule has 21 heavy (non-hydrogen) atoms. The molecular weight excluding hydrogens is 290 g/mol. The molecule has 1 saturated heterocycles. The highest BCUT2D eigenvalue weighted by Crippen LogP contribution is 2.21. The van der Waals surface area contributed by atoms with Crippen molar-refractivity contribution in [2.75, 3.05) is 26.7 Å². The molecule has 1 atom stereocenters. The smallest absolute Gasteiger partial charge is 0.260 e. The lowest BCUT2D eigenvalue weighted by Gasteiger charge is -2.28. The highest BCUT2D eigenvalue weighted by molar-refractivity contribution is 7.89. The van der Waals surface area contributed by atoms with Crippen molar-refractivity contribution < 1.29 is 13.5 Å². The maximum Gasteiger partial charge on any atom is 0.260 e. The van der Waals surface area contributed by atoms with Crippen LogP contribution < -0.4 is 0 Å². The van der Waals surface area contributed by atoms with Crippen LogP contribution in [0.5, 0.6) is 0 Å². The van der Waals surface area contributed by atoms with Gasteiger partial charge in [0.25, 0.3) is 10.0 Å². The van der Waals surface area contributed by atoms with Gasteiger partial charge in [-0.05, 0) is 38.1 Å². The van der Waals surface area contributed by atoms with E-state index in [1.165, 1.54) is 12.3 Å². The van der Waals surface area contributed by atoms with Gasteiger partial charge in [-0.3, -0.25) is 0 Å². The maximum absolute atomic E-state index is 12.8. The number of hydrogen-bond donors (Lipinski definition) is 1. The molecule has 0 saturated carbocycles. The van der Waals surface area contributed by atoms with E-state index >= 15 is 0 Å². The molecule has 1 aliphatic rings. The summed E-state index contributed by atoms with van der Waals surface area (Å²) >= 11 is 0. The van der Waals surface area contributed by atoms with Crippen LogP contribution in [0.1, 0.15) is 25.3 Å². The Kier molecular flexibility index (Phi) is 5.32. The van der Waals surface area contributed by atoms with Crippen molar-refractivity contribution in [3.05, 3.63) is 23.9 Å². The fourth-order valence-electron chi connectivity index (χ4n) is 2.65. The molecule has 0 amide bonds. The van der Waals surface area contributed by atoms with E-state index in [0.29, 0.717) is 12.1 Å². The maximum atomic E-state index is 12.8. The molecule has 6 nitrogen and oxygen atoms in total. The van der Waals surface area contributed by atoms with E-state index in [4.69, 9.17) is 5.11 Å². The van der Waals surface area contributed by atoms with Gasteiger partial charge in [-0.25, -0.2) is 13.4 Å². The van der Waals surface area contributed by atoms with E-state index in [1.54, 1.807) is 10.4 Å². The van der Waals surface area contributed by atoms with Gasteiger partial charge < -0.3 is 10.0 Å². The van der Waals surface area contributed by atoms with E-state index in [1.807, 2.05) is 14.0 Å². The lowest BCUT2D eigenvalue weighted by Crippen LogP contribution is -2.43. The second kappa shape index (κ2) is 6.83. The van der Waals surface area contributed by atoms with Crippen LogP contribution in [0.3, 0.4) is 0 Å². The molecule has 0 spiro atoms. The summed E-state index contributed by atoms with van der Waals surface area (Å²) in [6.07, 6.45) is 3.01. The van der Waals surface area contributed by atoms with Gasteiger partial charge in [0, 0.05) is 25.3 Å². The minimum absolute atomic E-state index is 0.0261. The minimum Gasteiger partial charge on any atom is -0.392 e. The van der Waals surface area contributed by atoms with Gasteiger partial charge in [0.05, 0.1) is 6.61 Å². The van der Waals surface area contributed by atoms with Gasteiger partial charge in [-0.15, -0.1) is 0 Å². The highest BCUT2D eigenvalue weighted by atomic mass is 32.2. The van der Waals surface area contributed by atoms with E-state index in [-0.39, 0.29) is 17.7 Å². The summed E-state index contributed by atoms with van der Waals surface area (Å²) in [6.45, 7) is 4.03. The number of aromatic nitrogens is 1. The number of pyridine rings is 1. The van der Waals surface area contributed by atoms with Crippen molar-refractivity contribution in [3.8, 4) is 0 Å². The van der Waals surface area contributed by atoms with E-state index in [0.717, 1.165) is 25.9 Å². The minimum atomic E-state index is -3.58. The number of rotatable bonds is 4. The first-order valence-electron chi connectivity index (χ1n) is 7.25. The lowest BCUT2D eigenvalue weighted by molar-refractivity contribution is 0.269. The van der Waals surface area contributed by atoms with Gasteiger partial charge in [0.1, 0.15) is 0 Å². The Morgan fingerprint density at radius 2 is 2.14 bits per heavy atom. The van der Waals surface area contributed by atoms with Gasteiger partial charge >= 0.3 is 0 Å². The largest absolute Gasteiger partial charge is 0.392 e. The third-order valence-corrected chi connectivity index (χ3v) is 5.74. The molecule has 0 radical (unpaired) electrons. The summed E-state index contributed by atoms with van der Waals surface area (Å²) in [5, 5.41) is 9.08. The molecule has 1 unspecified atom stereocenters. The van der Waals surface area contributed by atoms with E-state index in [9.17, 15) is 8.42 Å². The van der Waals surface area contributed by atoms with Gasteiger partial charge in [0.2, 0.25) is 0 Å². The van der Waals surface area contributed by atoms with Crippen molar-refractivity contribution in [2.24, 2.45) is 0 Å². The van der Waals surface area contributed by atoms with Crippen LogP contribution in [-0.2, 0) is 16.6 Å². The molecule has 7 heteroatoms. The molecule has 1 aliphatic heterocycles. The predicted molar refractivity (Wildman–Crippen MR) is 80.2 cm³/mol. The zero-order valence-electron chi connectivity index (χ0n) is 12.6. The zero-order valence-corrected chi connectivity index (χ0v) is 13.4. The molecule has 2 rings (SSSR count). The molecule has 2 heterocycles. The Morgan fingerprint density at radius 1 is 1.38 bits per heavy atom. The predicted octanol–water partition coefficient (Wildman–Crippen LogP) is 0.679. The van der Waals surface area contributed by atoms with Crippen LogP contribution in [0.25, 0.3) is 0 Å². The Balaban J connectivity index is 2.31. The van der Waals surface area contributed by atoms with Crippen LogP contribution in [0.4, 0.5) is 0 Å². The first-order chi connectivity index (χ1) is 9.98. The first-order valence-corrected chi connectivity index (χ1v) is 8.69. The average Bonchev–Trinajstić information content (AvgIpc) is 2.68. The van der Waals surface area contributed by atoms with Crippen molar-refractivity contribution in [1.29, 1.82) is 0 Å². The monoisotopic (exact) mass is 313 g/mol. The standard InChI is InChI=1S/C14H23N3O3S/c1-3-13-10-16(2)7-4-8-17(13)21(19,20)14-6-5-12(11-18)9-15-14/h5-6,9,13,18H,3-4,7-8,10-11H2,1-2H3. The van der Waals surface area contributed by atoms with Crippen LogP contribution in [0.2, 0.25) is 0 Å². The molecule has 0 aliphatic carbocycles. The molecule has 1 fully saturated rings. The molecule has 1 N–H and O–H groups in total. The normalized spacial score (nSPS) is 22.1. The summed E-state index contributed by atoms with van der Waals surface area (Å²) in [5.74, 6) is 0. The number of sulfonamides is 1. The van der Waals surface area contributed by atoms with E-state index < -0.39 is 10.0 Å². The van der Waals surface area contributed by atoms with Crippen molar-refractivity contribution in [3.63, 3.8) is 0 Å². The molecule has 1 aromatic rings. The number of aliphatic hydroxyl groups excluding tert-OH is 1. The van der Waals surface area contributed by atoms with Crippen LogP contribution in [0.15, 0.2) is 23.4 Å². The van der Waals surface area contributed by atoms with Crippen molar-refractivity contribution >= 4 is 10.0 Å². The van der Waals surface area contributed by atoms with Gasteiger partial charge in [-0.1, -0.05) is 13.0 Å². The Labute approximate surface area is 126 Å². The first kappa shape index (κ1) is 16.4. The SMILES string of the molecule is CCC1CN(C)CCCN1S(=O)(=O)c1ccc(CO)cn1. The van der Waals surface area contributed by atoms with Gasteiger partial charge in [0.15, 0.2) is 5.03 Å². The molecule has 0 bridgehead atoms. The summed E-state index contributed by atoms with van der Waals surface area (Å²) in [6, 6.07) is 3.05. The lowest BCUT2D eigenvalue weighted by atomic mass is 10.2. The van der Waals surface area contributed by atoms with Crippen molar-refractivity contribution in [1.82, 2.24) is 14.2 Å². The quantitative estimate of drug-likeness (QED) is 0.885. The highest BCUT2D eigenvalue weighted by Gasteiger charge is 2.33.